The summed E-state index contributed by atoms with van der Waals surface area (Å²) < 4.78 is 70.9. The van der Waals surface area contributed by atoms with Gasteiger partial charge >= 0.3 is 12.1 Å². The Kier molecular flexibility index (Phi) is 6.41. The molecule has 0 saturated carbocycles. The lowest BCUT2D eigenvalue weighted by atomic mass is 10.2. The molecule has 0 saturated heterocycles. The number of nitrogens with zero attached hydrogens (tertiary/aromatic N) is 3. The zero-order valence-electron chi connectivity index (χ0n) is 15.1. The lowest BCUT2D eigenvalue weighted by molar-refractivity contribution is -0.138. The maximum Gasteiger partial charge on any atom is 0.430 e. The standard InChI is InChI=1S/C16H15F3N4O5S/c1-27-13(24)8-21-11(7-12(20)16(17,18)19)15-22-14(23-28-15)9-4-3-5-10(6-9)29(2,25)26/h3-7H,8,20H2,1-2H3/b12-7-,21-11?. The second kappa shape index (κ2) is 8.43. The van der Waals surface area contributed by atoms with E-state index in [1.807, 2.05) is 0 Å². The van der Waals surface area contributed by atoms with E-state index in [0.717, 1.165) is 13.4 Å². The van der Waals surface area contributed by atoms with Crippen LogP contribution in [0.1, 0.15) is 5.89 Å². The average Bonchev–Trinajstić information content (AvgIpc) is 3.13. The molecule has 2 rings (SSSR count). The van der Waals surface area contributed by atoms with Gasteiger partial charge in [0.25, 0.3) is 5.89 Å². The molecule has 1 aromatic carbocycles. The van der Waals surface area contributed by atoms with Crippen molar-refractivity contribution in [2.24, 2.45) is 10.7 Å². The van der Waals surface area contributed by atoms with Crippen molar-refractivity contribution in [3.63, 3.8) is 0 Å². The van der Waals surface area contributed by atoms with Gasteiger partial charge in [-0.1, -0.05) is 17.3 Å². The molecule has 0 aliphatic heterocycles. The summed E-state index contributed by atoms with van der Waals surface area (Å²) in [7, 11) is -2.43. The van der Waals surface area contributed by atoms with Crippen molar-refractivity contribution < 1.29 is 35.6 Å². The Balaban J connectivity index is 2.47. The molecule has 29 heavy (non-hydrogen) atoms. The smallest absolute Gasteiger partial charge is 0.430 e. The highest BCUT2D eigenvalue weighted by Crippen LogP contribution is 2.23. The van der Waals surface area contributed by atoms with Crippen LogP contribution in [0.3, 0.4) is 0 Å². The first-order valence-corrected chi connectivity index (χ1v) is 9.61. The highest BCUT2D eigenvalue weighted by atomic mass is 32.2. The summed E-state index contributed by atoms with van der Waals surface area (Å²) in [6.45, 7) is -0.616. The maximum atomic E-state index is 12.8. The molecular weight excluding hydrogens is 417 g/mol. The summed E-state index contributed by atoms with van der Waals surface area (Å²) in [4.78, 5) is 18.8. The van der Waals surface area contributed by atoms with Gasteiger partial charge in [-0.15, -0.1) is 0 Å². The molecule has 0 aliphatic rings. The Morgan fingerprint density at radius 1 is 1.38 bits per heavy atom. The molecule has 0 aliphatic carbocycles. The molecule has 9 nitrogen and oxygen atoms in total. The third-order valence-electron chi connectivity index (χ3n) is 3.39. The second-order valence-electron chi connectivity index (χ2n) is 5.60. The van der Waals surface area contributed by atoms with E-state index in [9.17, 15) is 26.4 Å². The average molecular weight is 432 g/mol. The van der Waals surface area contributed by atoms with Crippen LogP contribution in [-0.2, 0) is 19.4 Å². The fourth-order valence-electron chi connectivity index (χ4n) is 1.93. The van der Waals surface area contributed by atoms with Crippen LogP contribution in [-0.4, -0.2) is 56.3 Å². The third kappa shape index (κ3) is 5.88. The van der Waals surface area contributed by atoms with Crippen LogP contribution < -0.4 is 5.73 Å². The summed E-state index contributed by atoms with van der Waals surface area (Å²) in [6.07, 6.45) is -3.40. The minimum Gasteiger partial charge on any atom is -0.468 e. The summed E-state index contributed by atoms with van der Waals surface area (Å²) in [6, 6.07) is 5.55. The molecule has 0 radical (unpaired) electrons. The number of ether oxygens (including phenoxy) is 1. The number of hydrogen-bond donors (Lipinski definition) is 1. The number of sulfone groups is 1. The molecule has 0 spiro atoms. The number of hydrogen-bond acceptors (Lipinski definition) is 9. The van der Waals surface area contributed by atoms with Gasteiger partial charge in [0.05, 0.1) is 12.0 Å². The zero-order chi connectivity index (χ0) is 21.8. The minimum absolute atomic E-state index is 0.0119. The number of benzene rings is 1. The van der Waals surface area contributed by atoms with E-state index >= 15 is 0 Å². The lowest BCUT2D eigenvalue weighted by Crippen LogP contribution is -2.21. The first-order valence-electron chi connectivity index (χ1n) is 7.72. The maximum absolute atomic E-state index is 12.8. The number of aliphatic imine (C=N–C) groups is 1. The summed E-state index contributed by atoms with van der Waals surface area (Å²) in [5.41, 5.74) is 3.24. The molecule has 0 atom stereocenters. The Hall–Kier alpha value is -3.22. The van der Waals surface area contributed by atoms with E-state index in [1.165, 1.54) is 24.3 Å². The van der Waals surface area contributed by atoms with E-state index < -0.39 is 45.8 Å². The van der Waals surface area contributed by atoms with E-state index in [0.29, 0.717) is 6.08 Å². The van der Waals surface area contributed by atoms with Crippen molar-refractivity contribution >= 4 is 21.5 Å². The third-order valence-corrected chi connectivity index (χ3v) is 4.50. The fourth-order valence-corrected chi connectivity index (χ4v) is 2.60. The predicted octanol–water partition coefficient (Wildman–Crippen LogP) is 1.51. The van der Waals surface area contributed by atoms with Gasteiger partial charge in [0, 0.05) is 11.8 Å². The monoisotopic (exact) mass is 432 g/mol. The summed E-state index contributed by atoms with van der Waals surface area (Å²) in [5, 5.41) is 3.62. The highest BCUT2D eigenvalue weighted by molar-refractivity contribution is 7.90. The molecule has 2 aromatic rings. The summed E-state index contributed by atoms with van der Waals surface area (Å²) in [5.74, 6) is -1.38. The van der Waals surface area contributed by atoms with Gasteiger partial charge in [-0.05, 0) is 18.2 Å². The fraction of sp³-hybridized carbons (Fsp3) is 0.250. The molecule has 1 aromatic heterocycles. The van der Waals surface area contributed by atoms with Crippen LogP contribution in [0.2, 0.25) is 0 Å². The molecular formula is C16H15F3N4O5S. The minimum atomic E-state index is -4.85. The Morgan fingerprint density at radius 2 is 2.07 bits per heavy atom. The number of allylic oxidation sites excluding steroid dienone is 2. The molecule has 0 bridgehead atoms. The number of aromatic nitrogens is 2. The van der Waals surface area contributed by atoms with Crippen molar-refractivity contribution in [2.75, 3.05) is 19.9 Å². The van der Waals surface area contributed by atoms with Gasteiger partial charge in [-0.2, -0.15) is 18.2 Å². The van der Waals surface area contributed by atoms with Crippen molar-refractivity contribution in [2.45, 2.75) is 11.1 Å². The lowest BCUT2D eigenvalue weighted by Gasteiger charge is -2.06. The van der Waals surface area contributed by atoms with Crippen LogP contribution in [0.25, 0.3) is 11.4 Å². The number of rotatable bonds is 6. The Bertz CT molecular complexity index is 1070. The molecule has 0 unspecified atom stereocenters. The van der Waals surface area contributed by atoms with Gasteiger partial charge in [-0.3, -0.25) is 9.79 Å². The Morgan fingerprint density at radius 3 is 2.66 bits per heavy atom. The molecule has 0 amide bonds. The van der Waals surface area contributed by atoms with Gasteiger partial charge in [0.2, 0.25) is 5.82 Å². The predicted molar refractivity (Wildman–Crippen MR) is 94.6 cm³/mol. The second-order valence-corrected chi connectivity index (χ2v) is 7.61. The molecule has 2 N–H and O–H groups in total. The van der Waals surface area contributed by atoms with Crippen molar-refractivity contribution in [3.8, 4) is 11.4 Å². The van der Waals surface area contributed by atoms with E-state index in [1.54, 1.807) is 0 Å². The molecule has 156 valence electrons. The number of alkyl halides is 3. The number of carbonyl (C=O) groups is 1. The Labute approximate surface area is 163 Å². The first-order chi connectivity index (χ1) is 13.4. The van der Waals surface area contributed by atoms with Gasteiger partial charge in [0.15, 0.2) is 9.84 Å². The number of halogens is 3. The van der Waals surface area contributed by atoms with E-state index in [-0.39, 0.29) is 16.3 Å². The SMILES string of the molecule is COC(=O)CN=C(/C=C(\N)C(F)(F)F)c1nc(-c2cccc(S(C)(=O)=O)c2)no1. The van der Waals surface area contributed by atoms with Gasteiger partial charge in [0.1, 0.15) is 18.0 Å². The summed E-state index contributed by atoms with van der Waals surface area (Å²) >= 11 is 0. The number of esters is 1. The van der Waals surface area contributed by atoms with E-state index in [4.69, 9.17) is 10.3 Å². The molecule has 13 heteroatoms. The topological polar surface area (TPSA) is 138 Å². The van der Waals surface area contributed by atoms with Gasteiger partial charge < -0.3 is 15.0 Å². The first kappa shape index (κ1) is 22.1. The largest absolute Gasteiger partial charge is 0.468 e. The van der Waals surface area contributed by atoms with Crippen LogP contribution in [0.4, 0.5) is 13.2 Å². The number of carbonyl (C=O) groups excluding carboxylic acids is 1. The van der Waals surface area contributed by atoms with Crippen LogP contribution in [0.15, 0.2) is 50.4 Å². The highest BCUT2D eigenvalue weighted by Gasteiger charge is 2.32. The van der Waals surface area contributed by atoms with Crippen molar-refractivity contribution in [3.05, 3.63) is 41.9 Å². The normalized spacial score (nSPS) is 13.4. The number of nitrogens with two attached hydrogens (primary N) is 1. The van der Waals surface area contributed by atoms with E-state index in [2.05, 4.69) is 19.9 Å². The van der Waals surface area contributed by atoms with Gasteiger partial charge in [-0.25, -0.2) is 8.42 Å². The zero-order valence-corrected chi connectivity index (χ0v) is 15.9. The molecule has 1 heterocycles. The van der Waals surface area contributed by atoms with Crippen LogP contribution in [0, 0.1) is 0 Å². The van der Waals surface area contributed by atoms with Crippen LogP contribution >= 0.6 is 0 Å². The number of methoxy groups -OCH3 is 1. The molecule has 0 fully saturated rings. The quantitative estimate of drug-likeness (QED) is 0.536. The van der Waals surface area contributed by atoms with Crippen molar-refractivity contribution in [1.82, 2.24) is 10.1 Å². The van der Waals surface area contributed by atoms with Crippen molar-refractivity contribution in [1.29, 1.82) is 0 Å². The van der Waals surface area contributed by atoms with Crippen LogP contribution in [0.5, 0.6) is 0 Å².